The van der Waals surface area contributed by atoms with Gasteiger partial charge in [-0.3, -0.25) is 4.79 Å². The molecule has 1 atom stereocenters. The number of benzene rings is 1. The molecule has 0 spiro atoms. The Bertz CT molecular complexity index is 773. The van der Waals surface area contributed by atoms with Gasteiger partial charge in [-0.15, -0.1) is 0 Å². The van der Waals surface area contributed by atoms with E-state index in [1.807, 2.05) is 4.90 Å². The third-order valence-electron chi connectivity index (χ3n) is 4.63. The first-order chi connectivity index (χ1) is 12.3. The van der Waals surface area contributed by atoms with Crippen LogP contribution in [0.1, 0.15) is 60.7 Å². The molecule has 0 radical (unpaired) electrons. The lowest BCUT2D eigenvalue weighted by Gasteiger charge is -2.33. The minimum absolute atomic E-state index is 0.0433. The molecule has 1 aromatic heterocycles. The van der Waals surface area contributed by atoms with Gasteiger partial charge in [0.05, 0.1) is 0 Å². The molecule has 7 heteroatoms. The predicted octanol–water partition coefficient (Wildman–Crippen LogP) is 3.12. The maximum absolute atomic E-state index is 13.1. The number of carbonyl (C=O) groups excluding carboxylic acids is 1. The van der Waals surface area contributed by atoms with E-state index in [-0.39, 0.29) is 18.7 Å². The van der Waals surface area contributed by atoms with Gasteiger partial charge in [0.2, 0.25) is 12.7 Å². The number of rotatable bonds is 4. The monoisotopic (exact) mass is 343 g/mol. The van der Waals surface area contributed by atoms with Crippen molar-refractivity contribution in [3.8, 4) is 11.5 Å². The number of carbonyl (C=O) groups is 1. The molecule has 1 saturated heterocycles. The number of hydrogen-bond acceptors (Lipinski definition) is 6. The molecule has 7 nitrogen and oxygen atoms in total. The zero-order chi connectivity index (χ0) is 17.2. The largest absolute Gasteiger partial charge is 0.454 e. The predicted molar refractivity (Wildman–Crippen MR) is 88.5 cm³/mol. The molecule has 2 aromatic rings. The molecule has 1 amide bonds. The van der Waals surface area contributed by atoms with Crippen molar-refractivity contribution >= 4 is 5.91 Å². The van der Waals surface area contributed by atoms with Crippen molar-refractivity contribution in [3.05, 3.63) is 35.5 Å². The quantitative estimate of drug-likeness (QED) is 0.849. The van der Waals surface area contributed by atoms with Crippen molar-refractivity contribution in [2.24, 2.45) is 0 Å². The van der Waals surface area contributed by atoms with Gasteiger partial charge in [-0.1, -0.05) is 12.1 Å². The number of aryl methyl sites for hydroxylation is 1. The first kappa shape index (κ1) is 15.9. The lowest BCUT2D eigenvalue weighted by Crippen LogP contribution is -2.38. The summed E-state index contributed by atoms with van der Waals surface area (Å²) in [4.78, 5) is 19.4. The highest BCUT2D eigenvalue weighted by Gasteiger charge is 2.33. The molecule has 1 aromatic carbocycles. The van der Waals surface area contributed by atoms with Crippen LogP contribution in [0.25, 0.3) is 0 Å². The maximum Gasteiger partial charge on any atom is 0.254 e. The third kappa shape index (κ3) is 3.06. The van der Waals surface area contributed by atoms with Crippen molar-refractivity contribution in [1.82, 2.24) is 15.0 Å². The van der Waals surface area contributed by atoms with E-state index >= 15 is 0 Å². The molecule has 1 fully saturated rings. The van der Waals surface area contributed by atoms with E-state index in [2.05, 4.69) is 17.1 Å². The zero-order valence-corrected chi connectivity index (χ0v) is 14.2. The van der Waals surface area contributed by atoms with Gasteiger partial charge in [0, 0.05) is 18.5 Å². The molecule has 4 rings (SSSR count). The summed E-state index contributed by atoms with van der Waals surface area (Å²) in [5.41, 5.74) is 0.587. The third-order valence-corrected chi connectivity index (χ3v) is 4.63. The minimum atomic E-state index is -0.162. The van der Waals surface area contributed by atoms with Crippen molar-refractivity contribution in [2.75, 3.05) is 13.3 Å². The lowest BCUT2D eigenvalue weighted by atomic mass is 10.0. The standard InChI is InChI=1S/C18H21N3O4/c1-2-5-16-19-17(25-20-16)13-6-3-4-9-21(13)18(22)12-7-8-14-15(10-12)24-11-23-14/h7-8,10,13H,2-6,9,11H2,1H3/t13-/m0/s1. The second-order valence-electron chi connectivity index (χ2n) is 6.38. The van der Waals surface area contributed by atoms with E-state index in [1.54, 1.807) is 18.2 Å². The van der Waals surface area contributed by atoms with E-state index in [9.17, 15) is 4.79 Å². The van der Waals surface area contributed by atoms with Crippen molar-refractivity contribution in [3.63, 3.8) is 0 Å². The Morgan fingerprint density at radius 3 is 3.04 bits per heavy atom. The summed E-state index contributed by atoms with van der Waals surface area (Å²) in [6.07, 6.45) is 4.60. The van der Waals surface area contributed by atoms with Crippen LogP contribution < -0.4 is 9.47 Å². The van der Waals surface area contributed by atoms with Gasteiger partial charge < -0.3 is 18.9 Å². The Morgan fingerprint density at radius 1 is 1.28 bits per heavy atom. The highest BCUT2D eigenvalue weighted by atomic mass is 16.7. The summed E-state index contributed by atoms with van der Waals surface area (Å²) in [6, 6.07) is 5.13. The Balaban J connectivity index is 1.58. The van der Waals surface area contributed by atoms with Crippen LogP contribution in [0.15, 0.2) is 22.7 Å². The molecule has 2 aliphatic rings. The molecular formula is C18H21N3O4. The number of hydrogen-bond donors (Lipinski definition) is 0. The smallest absolute Gasteiger partial charge is 0.254 e. The molecule has 25 heavy (non-hydrogen) atoms. The normalized spacial score (nSPS) is 19.2. The fourth-order valence-corrected chi connectivity index (χ4v) is 3.35. The highest BCUT2D eigenvalue weighted by Crippen LogP contribution is 2.35. The molecule has 0 unspecified atom stereocenters. The SMILES string of the molecule is CCCc1noc([C@@H]2CCCCN2C(=O)c2ccc3c(c2)OCO3)n1. The second kappa shape index (κ2) is 6.74. The van der Waals surface area contributed by atoms with E-state index in [0.29, 0.717) is 35.3 Å². The second-order valence-corrected chi connectivity index (χ2v) is 6.38. The van der Waals surface area contributed by atoms with Crippen LogP contribution in [0.4, 0.5) is 0 Å². The molecule has 0 N–H and O–H groups in total. The molecule has 0 saturated carbocycles. The van der Waals surface area contributed by atoms with Crippen molar-refractivity contribution in [1.29, 1.82) is 0 Å². The molecule has 2 aliphatic heterocycles. The van der Waals surface area contributed by atoms with Crippen LogP contribution in [0, 0.1) is 0 Å². The van der Waals surface area contributed by atoms with Crippen LogP contribution in [-0.4, -0.2) is 34.3 Å². The van der Waals surface area contributed by atoms with E-state index in [1.165, 1.54) is 0 Å². The topological polar surface area (TPSA) is 77.7 Å². The molecule has 132 valence electrons. The van der Waals surface area contributed by atoms with Crippen molar-refractivity contribution in [2.45, 2.75) is 45.1 Å². The van der Waals surface area contributed by atoms with Crippen molar-refractivity contribution < 1.29 is 18.8 Å². The molecule has 3 heterocycles. The summed E-state index contributed by atoms with van der Waals surface area (Å²) in [5, 5.41) is 4.03. The summed E-state index contributed by atoms with van der Waals surface area (Å²) in [5.74, 6) is 2.49. The van der Waals surface area contributed by atoms with E-state index in [0.717, 1.165) is 32.1 Å². The van der Waals surface area contributed by atoms with Gasteiger partial charge in [0.15, 0.2) is 17.3 Å². The van der Waals surface area contributed by atoms with Gasteiger partial charge in [0.25, 0.3) is 5.91 Å². The number of piperidine rings is 1. The van der Waals surface area contributed by atoms with Gasteiger partial charge in [-0.25, -0.2) is 0 Å². The number of nitrogens with zero attached hydrogens (tertiary/aromatic N) is 3. The van der Waals surface area contributed by atoms with Crippen LogP contribution >= 0.6 is 0 Å². The van der Waals surface area contributed by atoms with Gasteiger partial charge in [-0.05, 0) is 43.9 Å². The minimum Gasteiger partial charge on any atom is -0.454 e. The van der Waals surface area contributed by atoms with Crippen LogP contribution in [0.3, 0.4) is 0 Å². The average molecular weight is 343 g/mol. The number of likely N-dealkylation sites (tertiary alicyclic amines) is 1. The summed E-state index contributed by atoms with van der Waals surface area (Å²) in [6.45, 7) is 2.96. The van der Waals surface area contributed by atoms with Gasteiger partial charge >= 0.3 is 0 Å². The summed E-state index contributed by atoms with van der Waals surface area (Å²) in [7, 11) is 0. The van der Waals surface area contributed by atoms with Crippen LogP contribution in [-0.2, 0) is 6.42 Å². The molecular weight excluding hydrogens is 322 g/mol. The first-order valence-electron chi connectivity index (χ1n) is 8.79. The fourth-order valence-electron chi connectivity index (χ4n) is 3.35. The lowest BCUT2D eigenvalue weighted by molar-refractivity contribution is 0.0561. The number of ether oxygens (including phenoxy) is 2. The van der Waals surface area contributed by atoms with E-state index in [4.69, 9.17) is 14.0 Å². The highest BCUT2D eigenvalue weighted by molar-refractivity contribution is 5.95. The van der Waals surface area contributed by atoms with Gasteiger partial charge in [-0.2, -0.15) is 4.98 Å². The molecule has 0 aliphatic carbocycles. The summed E-state index contributed by atoms with van der Waals surface area (Å²) < 4.78 is 16.1. The number of fused-ring (bicyclic) bond motifs is 1. The Labute approximate surface area is 145 Å². The Morgan fingerprint density at radius 2 is 2.16 bits per heavy atom. The van der Waals surface area contributed by atoms with Crippen LogP contribution in [0.2, 0.25) is 0 Å². The number of amides is 1. The summed E-state index contributed by atoms with van der Waals surface area (Å²) >= 11 is 0. The van der Waals surface area contributed by atoms with Crippen LogP contribution in [0.5, 0.6) is 11.5 Å². The maximum atomic E-state index is 13.1. The Hall–Kier alpha value is -2.57. The first-order valence-corrected chi connectivity index (χ1v) is 8.79. The fraction of sp³-hybridized carbons (Fsp3) is 0.500. The van der Waals surface area contributed by atoms with E-state index < -0.39 is 0 Å². The molecule has 0 bridgehead atoms. The Kier molecular flexibility index (Phi) is 4.29. The average Bonchev–Trinajstić information content (AvgIpc) is 3.30. The van der Waals surface area contributed by atoms with Gasteiger partial charge in [0.1, 0.15) is 6.04 Å². The zero-order valence-electron chi connectivity index (χ0n) is 14.2. The number of aromatic nitrogens is 2.